The van der Waals surface area contributed by atoms with E-state index in [0.717, 1.165) is 15.7 Å². The van der Waals surface area contributed by atoms with Gasteiger partial charge in [-0.25, -0.2) is 9.79 Å². The Kier molecular flexibility index (Phi) is 6.61. The molecule has 0 spiro atoms. The lowest BCUT2D eigenvalue weighted by Gasteiger charge is -2.13. The van der Waals surface area contributed by atoms with E-state index in [1.165, 1.54) is 11.6 Å². The van der Waals surface area contributed by atoms with E-state index < -0.39 is 5.69 Å². The molecule has 2 rings (SSSR count). The monoisotopic (exact) mass is 404 g/mol. The highest BCUT2D eigenvalue weighted by molar-refractivity contribution is 6.34. The van der Waals surface area contributed by atoms with Crippen molar-refractivity contribution in [1.82, 2.24) is 9.13 Å². The van der Waals surface area contributed by atoms with E-state index in [2.05, 4.69) is 10.3 Å². The molecule has 1 unspecified atom stereocenters. The van der Waals surface area contributed by atoms with Gasteiger partial charge >= 0.3 is 5.69 Å². The van der Waals surface area contributed by atoms with Crippen molar-refractivity contribution in [1.29, 1.82) is 0 Å². The molecule has 0 radical (unpaired) electrons. The zero-order valence-electron chi connectivity index (χ0n) is 17.0. The van der Waals surface area contributed by atoms with Crippen LogP contribution in [0.1, 0.15) is 30.0 Å². The lowest BCUT2D eigenvalue weighted by atomic mass is 10.1. The molecule has 150 valence electrons. The van der Waals surface area contributed by atoms with E-state index in [1.807, 2.05) is 26.8 Å². The lowest BCUT2D eigenvalue weighted by molar-refractivity contribution is -0.116. The number of rotatable bonds is 5. The summed E-state index contributed by atoms with van der Waals surface area (Å²) in [4.78, 5) is 40.8. The normalized spacial score (nSPS) is 12.4. The molecule has 1 heterocycles. The third kappa shape index (κ3) is 4.59. The number of amides is 1. The molecule has 0 saturated heterocycles. The summed E-state index contributed by atoms with van der Waals surface area (Å²) in [6, 6.07) is 3.75. The van der Waals surface area contributed by atoms with Gasteiger partial charge in [0.1, 0.15) is 5.82 Å². The summed E-state index contributed by atoms with van der Waals surface area (Å²) in [5, 5.41) is 3.34. The maximum atomic E-state index is 12.4. The molecule has 0 aliphatic heterocycles. The number of carbonyl (C=O) groups excluding carboxylic acids is 1. The quantitative estimate of drug-likeness (QED) is 0.777. The molecular formula is C20H25ClN4O3. The minimum Gasteiger partial charge on any atom is -0.325 e. The number of halogens is 1. The Morgan fingerprint density at radius 2 is 1.86 bits per heavy atom. The van der Waals surface area contributed by atoms with Crippen molar-refractivity contribution in [3.05, 3.63) is 54.7 Å². The van der Waals surface area contributed by atoms with Crippen LogP contribution in [-0.2, 0) is 18.9 Å². The van der Waals surface area contributed by atoms with E-state index >= 15 is 0 Å². The fraction of sp³-hybridized carbons (Fsp3) is 0.400. The Labute approximate surface area is 168 Å². The van der Waals surface area contributed by atoms with Crippen LogP contribution in [0.5, 0.6) is 0 Å². The second-order valence-electron chi connectivity index (χ2n) is 7.10. The van der Waals surface area contributed by atoms with Gasteiger partial charge in [0.05, 0.1) is 16.3 Å². The van der Waals surface area contributed by atoms with Crippen LogP contribution in [0, 0.1) is 26.7 Å². The summed E-state index contributed by atoms with van der Waals surface area (Å²) in [6.07, 6.45) is 1.76. The molecule has 1 atom stereocenters. The Morgan fingerprint density at radius 1 is 1.21 bits per heavy atom. The molecule has 0 fully saturated rings. The summed E-state index contributed by atoms with van der Waals surface area (Å²) in [5.41, 5.74) is 2.06. The summed E-state index contributed by atoms with van der Waals surface area (Å²) in [5.74, 6) is -0.108. The number of aromatic nitrogens is 2. The fourth-order valence-corrected chi connectivity index (χ4v) is 3.36. The molecule has 1 amide bonds. The number of aryl methyl sites for hydroxylation is 2. The molecule has 0 aliphatic rings. The summed E-state index contributed by atoms with van der Waals surface area (Å²) < 4.78 is 2.36. The first-order valence-corrected chi connectivity index (χ1v) is 9.28. The highest BCUT2D eigenvalue weighted by Crippen LogP contribution is 2.27. The van der Waals surface area contributed by atoms with Crippen molar-refractivity contribution in [2.75, 3.05) is 5.32 Å². The zero-order chi connectivity index (χ0) is 21.2. The molecule has 7 nitrogen and oxygen atoms in total. The van der Waals surface area contributed by atoms with E-state index in [4.69, 9.17) is 11.6 Å². The number of anilines is 1. The van der Waals surface area contributed by atoms with Gasteiger partial charge in [-0.05, 0) is 38.0 Å². The van der Waals surface area contributed by atoms with Crippen molar-refractivity contribution in [3.63, 3.8) is 0 Å². The first-order valence-electron chi connectivity index (χ1n) is 8.90. The van der Waals surface area contributed by atoms with Crippen LogP contribution in [0.3, 0.4) is 0 Å². The molecule has 0 saturated carbocycles. The van der Waals surface area contributed by atoms with Gasteiger partial charge in [-0.2, -0.15) is 0 Å². The van der Waals surface area contributed by atoms with Gasteiger partial charge in [0, 0.05) is 32.6 Å². The summed E-state index contributed by atoms with van der Waals surface area (Å²) >= 11 is 6.23. The Bertz CT molecular complexity index is 1010. The van der Waals surface area contributed by atoms with Crippen LogP contribution < -0.4 is 16.6 Å². The van der Waals surface area contributed by atoms with E-state index in [9.17, 15) is 14.4 Å². The average Bonchev–Trinajstić information content (AvgIpc) is 2.61. The van der Waals surface area contributed by atoms with Crippen molar-refractivity contribution in [2.24, 2.45) is 25.0 Å². The number of carbonyl (C=O) groups is 1. The molecule has 1 N–H and O–H groups in total. The largest absolute Gasteiger partial charge is 0.332 e. The molecule has 0 bridgehead atoms. The van der Waals surface area contributed by atoms with Gasteiger partial charge in [-0.3, -0.25) is 18.7 Å². The van der Waals surface area contributed by atoms with Gasteiger partial charge in [-0.1, -0.05) is 24.6 Å². The third-order valence-corrected chi connectivity index (χ3v) is 4.81. The number of benzene rings is 1. The first kappa shape index (κ1) is 21.6. The predicted octanol–water partition coefficient (Wildman–Crippen LogP) is 3.03. The highest BCUT2D eigenvalue weighted by atomic mass is 35.5. The van der Waals surface area contributed by atoms with Crippen LogP contribution in [0.2, 0.25) is 5.02 Å². The standard InChI is InChI=1S/C20H25ClN4O3/c1-11-7-13(3)17(15(21)8-11)23-16(26)9-12(2)10-22-18-14(4)19(27)25(6)20(28)24(18)5/h7-8,10,12H,9H2,1-6H3,(H,23,26)/b22-10-. The maximum Gasteiger partial charge on any atom is 0.332 e. The van der Waals surface area contributed by atoms with Gasteiger partial charge in [-0.15, -0.1) is 0 Å². The summed E-state index contributed by atoms with van der Waals surface area (Å²) in [7, 11) is 2.98. The van der Waals surface area contributed by atoms with Crippen LogP contribution in [0.15, 0.2) is 26.7 Å². The van der Waals surface area contributed by atoms with Crippen LogP contribution in [0.4, 0.5) is 11.5 Å². The Hall–Kier alpha value is -2.67. The first-order chi connectivity index (χ1) is 13.0. The van der Waals surface area contributed by atoms with Gasteiger partial charge in [0.15, 0.2) is 0 Å². The van der Waals surface area contributed by atoms with Crippen molar-refractivity contribution >= 4 is 35.2 Å². The maximum absolute atomic E-state index is 12.4. The van der Waals surface area contributed by atoms with E-state index in [1.54, 1.807) is 26.3 Å². The van der Waals surface area contributed by atoms with E-state index in [0.29, 0.717) is 16.3 Å². The predicted molar refractivity (Wildman–Crippen MR) is 113 cm³/mol. The Morgan fingerprint density at radius 3 is 2.46 bits per heavy atom. The van der Waals surface area contributed by atoms with Crippen LogP contribution >= 0.6 is 11.6 Å². The fourth-order valence-electron chi connectivity index (χ4n) is 2.99. The highest BCUT2D eigenvalue weighted by Gasteiger charge is 2.14. The third-order valence-electron chi connectivity index (χ3n) is 4.51. The lowest BCUT2D eigenvalue weighted by Crippen LogP contribution is -2.38. The number of nitrogens with one attached hydrogen (secondary N) is 1. The second kappa shape index (κ2) is 8.56. The topological polar surface area (TPSA) is 85.5 Å². The second-order valence-corrected chi connectivity index (χ2v) is 7.51. The number of aliphatic imine (C=N–C) groups is 1. The molecule has 28 heavy (non-hydrogen) atoms. The SMILES string of the molecule is Cc1cc(C)c(NC(=O)CC(C)/C=N\c2c(C)c(=O)n(C)c(=O)n2C)c(Cl)c1. The number of hydrogen-bond donors (Lipinski definition) is 1. The van der Waals surface area contributed by atoms with Crippen molar-refractivity contribution in [2.45, 2.75) is 34.1 Å². The molecule has 1 aromatic carbocycles. The zero-order valence-corrected chi connectivity index (χ0v) is 17.7. The number of hydrogen-bond acceptors (Lipinski definition) is 4. The molecule has 1 aromatic heterocycles. The van der Waals surface area contributed by atoms with Crippen LogP contribution in [-0.4, -0.2) is 21.3 Å². The van der Waals surface area contributed by atoms with Gasteiger partial charge in [0.2, 0.25) is 5.91 Å². The number of nitrogens with zero attached hydrogens (tertiary/aromatic N) is 3. The van der Waals surface area contributed by atoms with Crippen LogP contribution in [0.25, 0.3) is 0 Å². The molecular weight excluding hydrogens is 380 g/mol. The Balaban J connectivity index is 2.15. The molecule has 0 aliphatic carbocycles. The van der Waals surface area contributed by atoms with Gasteiger partial charge < -0.3 is 5.32 Å². The smallest absolute Gasteiger partial charge is 0.325 e. The van der Waals surface area contributed by atoms with E-state index in [-0.39, 0.29) is 29.6 Å². The minimum absolute atomic E-state index is 0.185. The van der Waals surface area contributed by atoms with Crippen molar-refractivity contribution < 1.29 is 4.79 Å². The summed E-state index contributed by atoms with van der Waals surface area (Å²) in [6.45, 7) is 7.28. The molecule has 2 aromatic rings. The van der Waals surface area contributed by atoms with Crippen molar-refractivity contribution in [3.8, 4) is 0 Å². The van der Waals surface area contributed by atoms with Gasteiger partial charge in [0.25, 0.3) is 5.56 Å². The average molecular weight is 405 g/mol. The minimum atomic E-state index is -0.447. The molecule has 8 heteroatoms.